The number of amides is 2. The molecule has 2 heterocycles. The molecule has 10 nitrogen and oxygen atoms in total. The third kappa shape index (κ3) is 6.31. The number of ether oxygens (including phenoxy) is 2. The van der Waals surface area contributed by atoms with Crippen molar-refractivity contribution in [2.45, 2.75) is 57.9 Å². The number of rotatable bonds is 7. The van der Waals surface area contributed by atoms with Crippen LogP contribution < -0.4 is 10.2 Å². The predicted molar refractivity (Wildman–Crippen MR) is 121 cm³/mol. The van der Waals surface area contributed by atoms with Gasteiger partial charge in [0, 0.05) is 12.6 Å². The van der Waals surface area contributed by atoms with E-state index >= 15 is 0 Å². The van der Waals surface area contributed by atoms with Crippen molar-refractivity contribution in [3.8, 4) is 0 Å². The van der Waals surface area contributed by atoms with Crippen LogP contribution in [0.5, 0.6) is 0 Å². The molecular formula is C24H27N3O7. The number of esters is 1. The van der Waals surface area contributed by atoms with Crippen molar-refractivity contribution in [3.05, 3.63) is 59.8 Å². The van der Waals surface area contributed by atoms with Crippen LogP contribution in [0.15, 0.2) is 48.7 Å². The van der Waals surface area contributed by atoms with Crippen molar-refractivity contribution in [2.24, 2.45) is 0 Å². The van der Waals surface area contributed by atoms with Crippen LogP contribution in [-0.4, -0.2) is 51.7 Å². The second-order valence-corrected chi connectivity index (χ2v) is 8.80. The van der Waals surface area contributed by atoms with E-state index in [1.165, 1.54) is 6.20 Å². The summed E-state index contributed by atoms with van der Waals surface area (Å²) in [6, 6.07) is 9.64. The molecule has 0 bridgehead atoms. The summed E-state index contributed by atoms with van der Waals surface area (Å²) in [5.74, 6) is -2.60. The molecule has 1 aromatic carbocycles. The molecule has 0 spiro atoms. The van der Waals surface area contributed by atoms with Gasteiger partial charge in [0.2, 0.25) is 0 Å². The number of nitrogens with one attached hydrogen (secondary N) is 1. The first kappa shape index (κ1) is 24.7. The van der Waals surface area contributed by atoms with Crippen LogP contribution in [0.25, 0.3) is 0 Å². The second kappa shape index (κ2) is 10.3. The van der Waals surface area contributed by atoms with Gasteiger partial charge in [-0.05, 0) is 38.0 Å². The van der Waals surface area contributed by atoms with E-state index in [1.807, 2.05) is 6.07 Å². The Morgan fingerprint density at radius 1 is 1.15 bits per heavy atom. The summed E-state index contributed by atoms with van der Waals surface area (Å²) in [5, 5.41) is 12.1. The summed E-state index contributed by atoms with van der Waals surface area (Å²) in [7, 11) is 0. The first-order valence-corrected chi connectivity index (χ1v) is 10.7. The quantitative estimate of drug-likeness (QED) is 0.591. The van der Waals surface area contributed by atoms with Gasteiger partial charge in [-0.2, -0.15) is 0 Å². The summed E-state index contributed by atoms with van der Waals surface area (Å²) in [6.45, 7) is 4.94. The van der Waals surface area contributed by atoms with Gasteiger partial charge in [-0.3, -0.25) is 14.5 Å². The average Bonchev–Trinajstić information content (AvgIpc) is 3.16. The number of carboxylic acid groups (broad SMARTS) is 1. The summed E-state index contributed by atoms with van der Waals surface area (Å²) < 4.78 is 10.5. The SMILES string of the molecule is CC(C)(C)OC(=O)N[C@@H](CC(=O)OCc1ccccc1)C(=O)N1c2ncccc2C[C@H]1C(=O)O. The van der Waals surface area contributed by atoms with Crippen LogP contribution >= 0.6 is 0 Å². The molecule has 180 valence electrons. The van der Waals surface area contributed by atoms with E-state index in [0.29, 0.717) is 5.56 Å². The van der Waals surface area contributed by atoms with Gasteiger partial charge < -0.3 is 19.9 Å². The molecule has 10 heteroatoms. The van der Waals surface area contributed by atoms with Crippen molar-refractivity contribution < 1.29 is 33.8 Å². The molecule has 0 radical (unpaired) electrons. The number of aromatic nitrogens is 1. The summed E-state index contributed by atoms with van der Waals surface area (Å²) in [4.78, 5) is 55.5. The van der Waals surface area contributed by atoms with E-state index in [4.69, 9.17) is 9.47 Å². The fourth-order valence-electron chi connectivity index (χ4n) is 3.49. The third-order valence-electron chi connectivity index (χ3n) is 4.95. The lowest BCUT2D eigenvalue weighted by molar-refractivity contribution is -0.146. The van der Waals surface area contributed by atoms with Gasteiger partial charge in [-0.25, -0.2) is 14.6 Å². The molecule has 2 amide bonds. The van der Waals surface area contributed by atoms with Gasteiger partial charge in [-0.15, -0.1) is 0 Å². The number of pyridine rings is 1. The summed E-state index contributed by atoms with van der Waals surface area (Å²) in [6.07, 6.45) is 0.0555. The fourth-order valence-corrected chi connectivity index (χ4v) is 3.49. The number of carbonyl (C=O) groups excluding carboxylic acids is 3. The van der Waals surface area contributed by atoms with Gasteiger partial charge in [-0.1, -0.05) is 36.4 Å². The molecule has 1 aliphatic rings. The number of carboxylic acids is 1. The maximum Gasteiger partial charge on any atom is 0.408 e. The predicted octanol–water partition coefficient (Wildman–Crippen LogP) is 2.45. The van der Waals surface area contributed by atoms with E-state index in [2.05, 4.69) is 10.3 Å². The fraction of sp³-hybridized carbons (Fsp3) is 0.375. The highest BCUT2D eigenvalue weighted by Crippen LogP contribution is 2.31. The van der Waals surface area contributed by atoms with Gasteiger partial charge in [0.05, 0.1) is 6.42 Å². The lowest BCUT2D eigenvalue weighted by Crippen LogP contribution is -2.54. The molecule has 0 saturated heterocycles. The number of hydrogen-bond donors (Lipinski definition) is 2. The number of anilines is 1. The van der Waals surface area contributed by atoms with Crippen LogP contribution in [0.1, 0.15) is 38.3 Å². The van der Waals surface area contributed by atoms with Crippen LogP contribution in [0.2, 0.25) is 0 Å². The minimum absolute atomic E-state index is 0.0150. The largest absolute Gasteiger partial charge is 0.480 e. The molecule has 3 rings (SSSR count). The van der Waals surface area contributed by atoms with Crippen molar-refractivity contribution in [1.82, 2.24) is 10.3 Å². The van der Waals surface area contributed by atoms with Crippen LogP contribution in [0.4, 0.5) is 10.6 Å². The zero-order chi connectivity index (χ0) is 24.9. The van der Waals surface area contributed by atoms with Gasteiger partial charge >= 0.3 is 18.0 Å². The number of carbonyl (C=O) groups is 4. The maximum atomic E-state index is 13.5. The number of alkyl carbamates (subject to hydrolysis) is 1. The Morgan fingerprint density at radius 3 is 2.50 bits per heavy atom. The van der Waals surface area contributed by atoms with E-state index < -0.39 is 48.0 Å². The third-order valence-corrected chi connectivity index (χ3v) is 4.95. The number of fused-ring (bicyclic) bond motifs is 1. The first-order chi connectivity index (χ1) is 16.0. The lowest BCUT2D eigenvalue weighted by atomic mass is 10.1. The van der Waals surface area contributed by atoms with Gasteiger partial charge in [0.15, 0.2) is 0 Å². The number of aliphatic carboxylic acids is 1. The number of benzene rings is 1. The highest BCUT2D eigenvalue weighted by molar-refractivity contribution is 6.05. The van der Waals surface area contributed by atoms with Crippen LogP contribution in [0, 0.1) is 0 Å². The Balaban J connectivity index is 1.81. The number of hydrogen-bond acceptors (Lipinski definition) is 7. The Labute approximate surface area is 196 Å². The first-order valence-electron chi connectivity index (χ1n) is 10.7. The maximum absolute atomic E-state index is 13.5. The molecule has 2 aromatic rings. The zero-order valence-electron chi connectivity index (χ0n) is 19.2. The van der Waals surface area contributed by atoms with Gasteiger partial charge in [0.1, 0.15) is 30.1 Å². The monoisotopic (exact) mass is 469 g/mol. The molecule has 1 aromatic heterocycles. The minimum Gasteiger partial charge on any atom is -0.480 e. The lowest BCUT2D eigenvalue weighted by Gasteiger charge is -2.28. The minimum atomic E-state index is -1.42. The molecule has 0 unspecified atom stereocenters. The van der Waals surface area contributed by atoms with Crippen molar-refractivity contribution in [2.75, 3.05) is 4.90 Å². The Morgan fingerprint density at radius 2 is 1.85 bits per heavy atom. The molecular weight excluding hydrogens is 442 g/mol. The Kier molecular flexibility index (Phi) is 7.50. The topological polar surface area (TPSA) is 135 Å². The summed E-state index contributed by atoms with van der Waals surface area (Å²) >= 11 is 0. The standard InChI is InChI=1S/C24H27N3O7/c1-24(2,3)34-23(32)26-17(13-19(28)33-14-15-8-5-4-6-9-15)21(29)27-18(22(30)31)12-16-10-7-11-25-20(16)27/h4-11,17-18H,12-14H2,1-3H3,(H,26,32)(H,30,31)/t17-,18-/m0/s1. The molecule has 1 aliphatic heterocycles. The highest BCUT2D eigenvalue weighted by atomic mass is 16.6. The molecule has 0 saturated carbocycles. The van der Waals surface area contributed by atoms with E-state index in [0.717, 1.165) is 10.5 Å². The number of nitrogens with zero attached hydrogens (tertiary/aromatic N) is 2. The Bertz CT molecular complexity index is 1070. The molecule has 2 N–H and O–H groups in total. The zero-order valence-corrected chi connectivity index (χ0v) is 19.2. The van der Waals surface area contributed by atoms with Crippen molar-refractivity contribution >= 4 is 29.8 Å². The van der Waals surface area contributed by atoms with Crippen molar-refractivity contribution in [1.29, 1.82) is 0 Å². The van der Waals surface area contributed by atoms with Crippen LogP contribution in [0.3, 0.4) is 0 Å². The van der Waals surface area contributed by atoms with Crippen LogP contribution in [-0.2, 0) is 36.9 Å². The average molecular weight is 469 g/mol. The Hall–Kier alpha value is -3.95. The molecule has 34 heavy (non-hydrogen) atoms. The smallest absolute Gasteiger partial charge is 0.408 e. The highest BCUT2D eigenvalue weighted by Gasteiger charge is 2.43. The van der Waals surface area contributed by atoms with Gasteiger partial charge in [0.25, 0.3) is 5.91 Å². The normalized spacial score (nSPS) is 15.7. The van der Waals surface area contributed by atoms with E-state index in [9.17, 15) is 24.3 Å². The van der Waals surface area contributed by atoms with E-state index in [-0.39, 0.29) is 18.8 Å². The van der Waals surface area contributed by atoms with E-state index in [1.54, 1.807) is 57.2 Å². The molecule has 0 fully saturated rings. The van der Waals surface area contributed by atoms with Crippen molar-refractivity contribution in [3.63, 3.8) is 0 Å². The molecule has 0 aliphatic carbocycles. The summed E-state index contributed by atoms with van der Waals surface area (Å²) in [5.41, 5.74) is 0.477. The second-order valence-electron chi connectivity index (χ2n) is 8.80. The molecule has 2 atom stereocenters.